The van der Waals surface area contributed by atoms with Crippen LogP contribution in [0.4, 0.5) is 5.69 Å². The van der Waals surface area contributed by atoms with Crippen molar-refractivity contribution in [1.82, 2.24) is 5.32 Å². The van der Waals surface area contributed by atoms with E-state index in [9.17, 15) is 9.59 Å². The molecule has 1 heterocycles. The number of ketones is 1. The largest absolute Gasteiger partial charge is 0.465 e. The summed E-state index contributed by atoms with van der Waals surface area (Å²) in [5.41, 5.74) is 4.25. The van der Waals surface area contributed by atoms with Crippen LogP contribution in [-0.4, -0.2) is 32.5 Å². The van der Waals surface area contributed by atoms with Gasteiger partial charge in [-0.25, -0.2) is 0 Å². The Morgan fingerprint density at radius 1 is 1.27 bits per heavy atom. The molecule has 0 aromatic heterocycles. The van der Waals surface area contributed by atoms with Crippen LogP contribution in [0.5, 0.6) is 0 Å². The third-order valence-corrected chi connectivity index (χ3v) is 5.10. The van der Waals surface area contributed by atoms with E-state index < -0.39 is 5.92 Å². The molecular weight excluding hydrogens is 328 g/mol. The van der Waals surface area contributed by atoms with Crippen LogP contribution in [0.15, 0.2) is 47.8 Å². The summed E-state index contributed by atoms with van der Waals surface area (Å²) in [5, 5.41) is 3.22. The van der Waals surface area contributed by atoms with Crippen molar-refractivity contribution < 1.29 is 14.3 Å². The zero-order valence-electron chi connectivity index (χ0n) is 15.7. The van der Waals surface area contributed by atoms with Crippen molar-refractivity contribution >= 4 is 17.4 Å². The SMILES string of the molecule is C=C1NC2=C(C(=O)CCC2)C(c2ccc(N(C)C)cc2)C1C(=O)OCC. The van der Waals surface area contributed by atoms with Gasteiger partial charge in [0.2, 0.25) is 0 Å². The third kappa shape index (κ3) is 3.26. The fraction of sp³-hybridized carbons (Fsp3) is 0.429. The number of hydrogen-bond acceptors (Lipinski definition) is 5. The van der Waals surface area contributed by atoms with E-state index in [0.717, 1.165) is 35.4 Å². The van der Waals surface area contributed by atoms with Gasteiger partial charge in [0.15, 0.2) is 5.78 Å². The molecule has 5 nitrogen and oxygen atoms in total. The predicted octanol–water partition coefficient (Wildman–Crippen LogP) is 3.14. The second-order valence-electron chi connectivity index (χ2n) is 7.01. The second kappa shape index (κ2) is 7.36. The van der Waals surface area contributed by atoms with E-state index >= 15 is 0 Å². The smallest absolute Gasteiger partial charge is 0.315 e. The van der Waals surface area contributed by atoms with Crippen molar-refractivity contribution in [3.05, 3.63) is 53.4 Å². The van der Waals surface area contributed by atoms with E-state index in [1.165, 1.54) is 0 Å². The Balaban J connectivity index is 2.10. The summed E-state index contributed by atoms with van der Waals surface area (Å²) < 4.78 is 5.30. The number of hydrogen-bond donors (Lipinski definition) is 1. The number of allylic oxidation sites excluding steroid dienone is 2. The van der Waals surface area contributed by atoms with Crippen LogP contribution in [0.2, 0.25) is 0 Å². The van der Waals surface area contributed by atoms with Crippen molar-refractivity contribution in [2.45, 2.75) is 32.1 Å². The summed E-state index contributed by atoms with van der Waals surface area (Å²) in [5.74, 6) is -1.17. The van der Waals surface area contributed by atoms with Crippen molar-refractivity contribution in [3.63, 3.8) is 0 Å². The molecule has 2 aliphatic rings. The van der Waals surface area contributed by atoms with Crippen molar-refractivity contribution in [2.75, 3.05) is 25.6 Å². The highest BCUT2D eigenvalue weighted by molar-refractivity contribution is 6.00. The lowest BCUT2D eigenvalue weighted by atomic mass is 9.71. The molecule has 1 aromatic carbocycles. The summed E-state index contributed by atoms with van der Waals surface area (Å²) in [6, 6.07) is 8.01. The fourth-order valence-electron chi connectivity index (χ4n) is 3.84. The number of esters is 1. The maximum Gasteiger partial charge on any atom is 0.315 e. The Hall–Kier alpha value is -2.56. The summed E-state index contributed by atoms with van der Waals surface area (Å²) in [4.78, 5) is 27.4. The Labute approximate surface area is 154 Å². The molecule has 26 heavy (non-hydrogen) atoms. The molecule has 3 rings (SSSR count). The first kappa shape index (κ1) is 18.2. The van der Waals surface area contributed by atoms with Crippen LogP contribution in [0, 0.1) is 5.92 Å². The number of anilines is 1. The highest BCUT2D eigenvalue weighted by Gasteiger charge is 2.43. The first-order chi connectivity index (χ1) is 12.4. The Kier molecular flexibility index (Phi) is 5.16. The van der Waals surface area contributed by atoms with Gasteiger partial charge < -0.3 is 15.0 Å². The van der Waals surface area contributed by atoms with Crippen molar-refractivity contribution in [3.8, 4) is 0 Å². The minimum atomic E-state index is -0.596. The zero-order valence-corrected chi connectivity index (χ0v) is 15.7. The van der Waals surface area contributed by atoms with Gasteiger partial charge in [0, 0.05) is 49.1 Å². The molecule has 2 unspecified atom stereocenters. The number of Topliss-reactive ketones (excluding diaryl/α,β-unsaturated/α-hetero) is 1. The van der Waals surface area contributed by atoms with Gasteiger partial charge >= 0.3 is 5.97 Å². The average molecular weight is 354 g/mol. The highest BCUT2D eigenvalue weighted by atomic mass is 16.5. The summed E-state index contributed by atoms with van der Waals surface area (Å²) in [6.45, 7) is 6.16. The number of carbonyl (C=O) groups excluding carboxylic acids is 2. The van der Waals surface area contributed by atoms with E-state index in [-0.39, 0.29) is 17.7 Å². The molecule has 0 fully saturated rings. The van der Waals surface area contributed by atoms with E-state index in [1.807, 2.05) is 43.3 Å². The lowest BCUT2D eigenvalue weighted by Crippen LogP contribution is -2.41. The molecule has 138 valence electrons. The number of carbonyl (C=O) groups is 2. The predicted molar refractivity (Wildman–Crippen MR) is 102 cm³/mol. The van der Waals surface area contributed by atoms with Gasteiger partial charge in [-0.2, -0.15) is 0 Å². The Morgan fingerprint density at radius 2 is 1.96 bits per heavy atom. The van der Waals surface area contributed by atoms with Crippen LogP contribution < -0.4 is 10.2 Å². The molecule has 1 aliphatic carbocycles. The minimum Gasteiger partial charge on any atom is -0.465 e. The topological polar surface area (TPSA) is 58.6 Å². The maximum atomic E-state index is 12.7. The van der Waals surface area contributed by atoms with Gasteiger partial charge in [-0.1, -0.05) is 18.7 Å². The van der Waals surface area contributed by atoms with E-state index in [2.05, 4.69) is 11.9 Å². The fourth-order valence-corrected chi connectivity index (χ4v) is 3.84. The molecule has 0 saturated carbocycles. The average Bonchev–Trinajstić information content (AvgIpc) is 2.61. The van der Waals surface area contributed by atoms with Crippen LogP contribution in [-0.2, 0) is 14.3 Å². The lowest BCUT2D eigenvalue weighted by molar-refractivity contribution is -0.147. The summed E-state index contributed by atoms with van der Waals surface area (Å²) >= 11 is 0. The van der Waals surface area contributed by atoms with Crippen molar-refractivity contribution in [1.29, 1.82) is 0 Å². The van der Waals surface area contributed by atoms with Gasteiger partial charge in [-0.3, -0.25) is 9.59 Å². The van der Waals surface area contributed by atoms with Crippen LogP contribution in [0.3, 0.4) is 0 Å². The third-order valence-electron chi connectivity index (χ3n) is 5.10. The zero-order chi connectivity index (χ0) is 18.8. The van der Waals surface area contributed by atoms with Crippen LogP contribution in [0.1, 0.15) is 37.7 Å². The molecule has 2 atom stereocenters. The normalized spacial score (nSPS) is 22.6. The maximum absolute atomic E-state index is 12.7. The quantitative estimate of drug-likeness (QED) is 0.842. The second-order valence-corrected chi connectivity index (χ2v) is 7.01. The number of ether oxygens (including phenoxy) is 1. The van der Waals surface area contributed by atoms with E-state index in [4.69, 9.17) is 4.74 Å². The number of rotatable bonds is 4. The molecule has 1 N–H and O–H groups in total. The van der Waals surface area contributed by atoms with Gasteiger partial charge in [0.25, 0.3) is 0 Å². The molecule has 0 radical (unpaired) electrons. The van der Waals surface area contributed by atoms with Gasteiger partial charge in [0.05, 0.1) is 6.61 Å². The molecule has 0 saturated heterocycles. The minimum absolute atomic E-state index is 0.113. The monoisotopic (exact) mass is 354 g/mol. The standard InChI is InChI=1S/C21H26N2O3/c1-5-26-21(25)18-13(2)22-16-7-6-8-17(24)20(16)19(18)14-9-11-15(12-10-14)23(3)4/h9-12,18-19,22H,2,5-8H2,1,3-4H3. The van der Waals surface area contributed by atoms with Gasteiger partial charge in [0.1, 0.15) is 5.92 Å². The Bertz CT molecular complexity index is 762. The molecule has 0 amide bonds. The first-order valence-electron chi connectivity index (χ1n) is 9.10. The van der Waals surface area contributed by atoms with Crippen molar-refractivity contribution in [2.24, 2.45) is 5.92 Å². The summed E-state index contributed by atoms with van der Waals surface area (Å²) in [7, 11) is 3.96. The molecule has 0 bridgehead atoms. The molecule has 1 aliphatic heterocycles. The lowest BCUT2D eigenvalue weighted by Gasteiger charge is -2.38. The van der Waals surface area contributed by atoms with Gasteiger partial charge in [-0.15, -0.1) is 0 Å². The molecule has 0 spiro atoms. The molecule has 5 heteroatoms. The van der Waals surface area contributed by atoms with E-state index in [0.29, 0.717) is 18.7 Å². The first-order valence-corrected chi connectivity index (χ1v) is 9.10. The highest BCUT2D eigenvalue weighted by Crippen LogP contribution is 2.44. The Morgan fingerprint density at radius 3 is 2.58 bits per heavy atom. The number of benzene rings is 1. The number of nitrogens with zero attached hydrogens (tertiary/aromatic N) is 1. The molecular formula is C21H26N2O3. The van der Waals surface area contributed by atoms with Crippen LogP contribution >= 0.6 is 0 Å². The molecule has 1 aromatic rings. The van der Waals surface area contributed by atoms with Crippen LogP contribution in [0.25, 0.3) is 0 Å². The summed E-state index contributed by atoms with van der Waals surface area (Å²) in [6.07, 6.45) is 2.16. The van der Waals surface area contributed by atoms with E-state index in [1.54, 1.807) is 6.92 Å². The number of nitrogens with one attached hydrogen (secondary N) is 1. The van der Waals surface area contributed by atoms with Gasteiger partial charge in [-0.05, 0) is 37.5 Å².